The third kappa shape index (κ3) is 3.84. The van der Waals surface area contributed by atoms with Crippen LogP contribution in [-0.2, 0) is 6.54 Å². The summed E-state index contributed by atoms with van der Waals surface area (Å²) in [7, 11) is 0. The van der Waals surface area contributed by atoms with Gasteiger partial charge in [-0.15, -0.1) is 0 Å². The van der Waals surface area contributed by atoms with Gasteiger partial charge in [-0.2, -0.15) is 0 Å². The van der Waals surface area contributed by atoms with E-state index in [2.05, 4.69) is 18.7 Å². The van der Waals surface area contributed by atoms with E-state index < -0.39 is 6.10 Å². The first-order valence-corrected chi connectivity index (χ1v) is 7.42. The topological polar surface area (TPSA) is 43.7 Å². The van der Waals surface area contributed by atoms with Crippen LogP contribution in [0.3, 0.4) is 0 Å². The van der Waals surface area contributed by atoms with Crippen molar-refractivity contribution in [3.63, 3.8) is 0 Å². The van der Waals surface area contributed by atoms with Crippen molar-refractivity contribution in [2.24, 2.45) is 0 Å². The van der Waals surface area contributed by atoms with Crippen molar-refractivity contribution in [3.8, 4) is 5.75 Å². The zero-order valence-corrected chi connectivity index (χ0v) is 12.7. The Bertz CT molecular complexity index is 565. The average molecular weight is 285 g/mol. The summed E-state index contributed by atoms with van der Waals surface area (Å²) in [4.78, 5) is 2.23. The predicted octanol–water partition coefficient (Wildman–Crippen LogP) is 3.32. The standard InChI is InChI=1S/C18H23NO2/c1-3-19(4-2)13-16-12-15(10-11-17(16)20)18(21)14-8-6-5-7-9-14/h5-12,18,20-21H,3-4,13H2,1-2H3. The molecule has 0 aliphatic heterocycles. The summed E-state index contributed by atoms with van der Waals surface area (Å²) in [5, 5.41) is 20.5. The van der Waals surface area contributed by atoms with Crippen molar-refractivity contribution in [1.82, 2.24) is 4.90 Å². The SMILES string of the molecule is CCN(CC)Cc1cc(C(O)c2ccccc2)ccc1O. The number of benzene rings is 2. The summed E-state index contributed by atoms with van der Waals surface area (Å²) in [5.74, 6) is 0.283. The Balaban J connectivity index is 2.26. The van der Waals surface area contributed by atoms with Crippen LogP contribution in [-0.4, -0.2) is 28.2 Å². The number of hydrogen-bond acceptors (Lipinski definition) is 3. The highest BCUT2D eigenvalue weighted by molar-refractivity contribution is 5.39. The van der Waals surface area contributed by atoms with Crippen LogP contribution in [0.15, 0.2) is 48.5 Å². The van der Waals surface area contributed by atoms with Crippen LogP contribution >= 0.6 is 0 Å². The maximum absolute atomic E-state index is 10.5. The number of aliphatic hydroxyl groups excluding tert-OH is 1. The maximum Gasteiger partial charge on any atom is 0.120 e. The smallest absolute Gasteiger partial charge is 0.120 e. The van der Waals surface area contributed by atoms with E-state index in [0.29, 0.717) is 6.54 Å². The highest BCUT2D eigenvalue weighted by atomic mass is 16.3. The molecule has 3 heteroatoms. The fraction of sp³-hybridized carbons (Fsp3) is 0.333. The van der Waals surface area contributed by atoms with E-state index in [1.165, 1.54) is 0 Å². The van der Waals surface area contributed by atoms with Crippen molar-refractivity contribution in [2.75, 3.05) is 13.1 Å². The average Bonchev–Trinajstić information content (AvgIpc) is 2.54. The molecule has 0 amide bonds. The molecule has 2 aromatic rings. The Hall–Kier alpha value is -1.84. The molecule has 0 saturated carbocycles. The summed E-state index contributed by atoms with van der Waals surface area (Å²) >= 11 is 0. The molecule has 0 fully saturated rings. The number of phenols is 1. The van der Waals surface area contributed by atoms with E-state index in [1.54, 1.807) is 12.1 Å². The molecule has 0 aliphatic rings. The summed E-state index contributed by atoms with van der Waals surface area (Å²) in [6, 6.07) is 14.9. The molecule has 0 spiro atoms. The molecule has 2 aromatic carbocycles. The Labute approximate surface area is 126 Å². The second-order valence-electron chi connectivity index (χ2n) is 5.16. The zero-order valence-electron chi connectivity index (χ0n) is 12.7. The molecule has 2 rings (SSSR count). The molecule has 0 bridgehead atoms. The van der Waals surface area contributed by atoms with Gasteiger partial charge in [0.25, 0.3) is 0 Å². The van der Waals surface area contributed by atoms with Crippen LogP contribution in [0.5, 0.6) is 5.75 Å². The quantitative estimate of drug-likeness (QED) is 0.855. The molecule has 1 unspecified atom stereocenters. The second-order valence-corrected chi connectivity index (χ2v) is 5.16. The number of phenolic OH excluding ortho intramolecular Hbond substituents is 1. The van der Waals surface area contributed by atoms with Gasteiger partial charge in [-0.05, 0) is 36.3 Å². The first-order valence-electron chi connectivity index (χ1n) is 7.42. The molecule has 1 atom stereocenters. The van der Waals surface area contributed by atoms with Gasteiger partial charge < -0.3 is 10.2 Å². The minimum atomic E-state index is -0.665. The van der Waals surface area contributed by atoms with Crippen LogP contribution in [0.25, 0.3) is 0 Å². The van der Waals surface area contributed by atoms with Gasteiger partial charge in [-0.25, -0.2) is 0 Å². The Morgan fingerprint density at radius 2 is 1.62 bits per heavy atom. The number of rotatable bonds is 6. The summed E-state index contributed by atoms with van der Waals surface area (Å²) in [6.45, 7) is 6.75. The number of aliphatic hydroxyl groups is 1. The lowest BCUT2D eigenvalue weighted by molar-refractivity contribution is 0.219. The highest BCUT2D eigenvalue weighted by Gasteiger charge is 2.13. The largest absolute Gasteiger partial charge is 0.508 e. The predicted molar refractivity (Wildman–Crippen MR) is 85.2 cm³/mol. The molecule has 112 valence electrons. The lowest BCUT2D eigenvalue weighted by Crippen LogP contribution is -2.22. The van der Waals surface area contributed by atoms with Crippen molar-refractivity contribution >= 4 is 0 Å². The van der Waals surface area contributed by atoms with Crippen molar-refractivity contribution < 1.29 is 10.2 Å². The Morgan fingerprint density at radius 1 is 0.952 bits per heavy atom. The Kier molecular flexibility index (Phi) is 5.37. The van der Waals surface area contributed by atoms with Gasteiger partial charge in [0.05, 0.1) is 0 Å². The lowest BCUT2D eigenvalue weighted by atomic mass is 9.99. The summed E-state index contributed by atoms with van der Waals surface area (Å²) in [6.07, 6.45) is -0.665. The fourth-order valence-corrected chi connectivity index (χ4v) is 2.42. The molecule has 0 saturated heterocycles. The molecule has 0 aromatic heterocycles. The van der Waals surface area contributed by atoms with E-state index in [0.717, 1.165) is 29.8 Å². The van der Waals surface area contributed by atoms with Crippen LogP contribution in [0.4, 0.5) is 0 Å². The summed E-state index contributed by atoms with van der Waals surface area (Å²) < 4.78 is 0. The van der Waals surface area contributed by atoms with Gasteiger partial charge in [0, 0.05) is 12.1 Å². The third-order valence-electron chi connectivity index (χ3n) is 3.82. The molecule has 21 heavy (non-hydrogen) atoms. The van der Waals surface area contributed by atoms with Crippen LogP contribution < -0.4 is 0 Å². The minimum absolute atomic E-state index is 0.283. The normalized spacial score (nSPS) is 12.6. The van der Waals surface area contributed by atoms with E-state index in [4.69, 9.17) is 0 Å². The van der Waals surface area contributed by atoms with E-state index in [1.807, 2.05) is 36.4 Å². The van der Waals surface area contributed by atoms with Gasteiger partial charge in [0.15, 0.2) is 0 Å². The van der Waals surface area contributed by atoms with Crippen molar-refractivity contribution in [1.29, 1.82) is 0 Å². The molecular weight excluding hydrogens is 262 g/mol. The zero-order chi connectivity index (χ0) is 15.2. The third-order valence-corrected chi connectivity index (χ3v) is 3.82. The van der Waals surface area contributed by atoms with Crippen molar-refractivity contribution in [3.05, 3.63) is 65.2 Å². The van der Waals surface area contributed by atoms with E-state index in [9.17, 15) is 10.2 Å². The fourth-order valence-electron chi connectivity index (χ4n) is 2.42. The molecular formula is C18H23NO2. The van der Waals surface area contributed by atoms with Gasteiger partial charge in [0.1, 0.15) is 11.9 Å². The van der Waals surface area contributed by atoms with Crippen LogP contribution in [0, 0.1) is 0 Å². The highest BCUT2D eigenvalue weighted by Crippen LogP contribution is 2.27. The number of aromatic hydroxyl groups is 1. The van der Waals surface area contributed by atoms with E-state index >= 15 is 0 Å². The molecule has 2 N–H and O–H groups in total. The second kappa shape index (κ2) is 7.25. The monoisotopic (exact) mass is 285 g/mol. The lowest BCUT2D eigenvalue weighted by Gasteiger charge is -2.20. The molecule has 0 radical (unpaired) electrons. The molecule has 3 nitrogen and oxygen atoms in total. The number of hydrogen-bond donors (Lipinski definition) is 2. The van der Waals surface area contributed by atoms with E-state index in [-0.39, 0.29) is 5.75 Å². The van der Waals surface area contributed by atoms with Gasteiger partial charge in [-0.3, -0.25) is 4.90 Å². The summed E-state index contributed by atoms with van der Waals surface area (Å²) in [5.41, 5.74) is 2.52. The molecule has 0 heterocycles. The van der Waals surface area contributed by atoms with Gasteiger partial charge in [0.2, 0.25) is 0 Å². The first-order chi connectivity index (χ1) is 10.2. The Morgan fingerprint density at radius 3 is 2.24 bits per heavy atom. The van der Waals surface area contributed by atoms with Gasteiger partial charge in [-0.1, -0.05) is 50.2 Å². The van der Waals surface area contributed by atoms with Gasteiger partial charge >= 0.3 is 0 Å². The van der Waals surface area contributed by atoms with Crippen LogP contribution in [0.2, 0.25) is 0 Å². The maximum atomic E-state index is 10.5. The van der Waals surface area contributed by atoms with Crippen LogP contribution in [0.1, 0.15) is 36.6 Å². The first kappa shape index (κ1) is 15.5. The molecule has 0 aliphatic carbocycles. The minimum Gasteiger partial charge on any atom is -0.508 e. The number of nitrogens with zero attached hydrogens (tertiary/aromatic N) is 1. The van der Waals surface area contributed by atoms with Crippen molar-refractivity contribution in [2.45, 2.75) is 26.5 Å².